The summed E-state index contributed by atoms with van der Waals surface area (Å²) in [5.74, 6) is -0.356. The fraction of sp³-hybridized carbons (Fsp3) is 0.588. The van der Waals surface area contributed by atoms with Crippen molar-refractivity contribution in [1.82, 2.24) is 35.0 Å². The van der Waals surface area contributed by atoms with Crippen LogP contribution in [0.4, 0.5) is 0 Å². The third-order valence-corrected chi connectivity index (χ3v) is 4.58. The van der Waals surface area contributed by atoms with E-state index in [0.717, 1.165) is 19.4 Å². The molecule has 2 aromatic heterocycles. The van der Waals surface area contributed by atoms with Crippen molar-refractivity contribution in [1.29, 1.82) is 0 Å². The average molecular weight is 375 g/mol. The predicted molar refractivity (Wildman–Crippen MR) is 96.2 cm³/mol. The Morgan fingerprint density at radius 3 is 2.93 bits per heavy atom. The molecule has 2 amide bonds. The first-order valence-electron chi connectivity index (χ1n) is 9.14. The number of hydrogen-bond donors (Lipinski definition) is 1. The summed E-state index contributed by atoms with van der Waals surface area (Å²) in [6.07, 6.45) is 5.23. The molecule has 27 heavy (non-hydrogen) atoms. The zero-order chi connectivity index (χ0) is 19.2. The number of rotatable bonds is 8. The summed E-state index contributed by atoms with van der Waals surface area (Å²) in [6.45, 7) is 4.75. The van der Waals surface area contributed by atoms with Crippen LogP contribution in [0, 0.1) is 0 Å². The maximum absolute atomic E-state index is 12.8. The summed E-state index contributed by atoms with van der Waals surface area (Å²) in [4.78, 5) is 26.6. The highest BCUT2D eigenvalue weighted by Crippen LogP contribution is 2.21. The summed E-state index contributed by atoms with van der Waals surface area (Å²) >= 11 is 0. The van der Waals surface area contributed by atoms with Gasteiger partial charge < -0.3 is 15.0 Å². The van der Waals surface area contributed by atoms with Gasteiger partial charge in [0.1, 0.15) is 5.69 Å². The fourth-order valence-electron chi connectivity index (χ4n) is 3.16. The number of carbonyl (C=O) groups is 2. The van der Waals surface area contributed by atoms with Crippen LogP contribution in [0.2, 0.25) is 0 Å². The van der Waals surface area contributed by atoms with Gasteiger partial charge in [0.15, 0.2) is 5.69 Å². The van der Waals surface area contributed by atoms with Crippen LogP contribution in [0.5, 0.6) is 0 Å². The molecule has 2 aromatic rings. The van der Waals surface area contributed by atoms with Gasteiger partial charge in [-0.05, 0) is 25.8 Å². The minimum atomic E-state index is -0.289. The molecule has 10 nitrogen and oxygen atoms in total. The highest BCUT2D eigenvalue weighted by molar-refractivity contribution is 5.92. The second-order valence-electron chi connectivity index (χ2n) is 6.43. The number of likely N-dealkylation sites (tertiary alicyclic amines) is 1. The molecule has 1 unspecified atom stereocenters. The molecule has 0 bridgehead atoms. The smallest absolute Gasteiger partial charge is 0.274 e. The summed E-state index contributed by atoms with van der Waals surface area (Å²) in [7, 11) is 1.57. The highest BCUT2D eigenvalue weighted by Gasteiger charge is 2.31. The van der Waals surface area contributed by atoms with Crippen LogP contribution in [0.3, 0.4) is 0 Å². The molecule has 0 radical (unpaired) electrons. The number of carbonyl (C=O) groups excluding carboxylic acids is 2. The topological polar surface area (TPSA) is 107 Å². The van der Waals surface area contributed by atoms with Gasteiger partial charge in [0, 0.05) is 32.9 Å². The molecule has 1 fully saturated rings. The largest absolute Gasteiger partial charge is 0.383 e. The van der Waals surface area contributed by atoms with Crippen LogP contribution in [-0.2, 0) is 17.8 Å². The number of ether oxygens (including phenoxy) is 1. The van der Waals surface area contributed by atoms with Gasteiger partial charge in [0.25, 0.3) is 11.8 Å². The lowest BCUT2D eigenvalue weighted by molar-refractivity contribution is 0.0714. The second-order valence-corrected chi connectivity index (χ2v) is 6.43. The van der Waals surface area contributed by atoms with Crippen molar-refractivity contribution < 1.29 is 14.3 Å². The SMILES string of the molecule is CCn1ccc(C(=O)N2CCCC2Cn2cc(C(=O)NCCOC)nn2)n1. The van der Waals surface area contributed by atoms with Gasteiger partial charge in [-0.2, -0.15) is 5.10 Å². The summed E-state index contributed by atoms with van der Waals surface area (Å²) < 4.78 is 8.26. The zero-order valence-electron chi connectivity index (χ0n) is 15.7. The Labute approximate surface area is 157 Å². The van der Waals surface area contributed by atoms with Crippen LogP contribution >= 0.6 is 0 Å². The van der Waals surface area contributed by atoms with Gasteiger partial charge in [-0.25, -0.2) is 4.68 Å². The second kappa shape index (κ2) is 8.76. The van der Waals surface area contributed by atoms with Crippen LogP contribution in [-0.4, -0.2) is 74.3 Å². The molecule has 0 spiro atoms. The number of hydrogen-bond acceptors (Lipinski definition) is 6. The lowest BCUT2D eigenvalue weighted by Crippen LogP contribution is -2.38. The quantitative estimate of drug-likeness (QED) is 0.660. The monoisotopic (exact) mass is 375 g/mol. The number of nitrogens with one attached hydrogen (secondary N) is 1. The summed E-state index contributed by atoms with van der Waals surface area (Å²) in [5.41, 5.74) is 0.712. The Kier molecular flexibility index (Phi) is 6.17. The minimum Gasteiger partial charge on any atom is -0.383 e. The standard InChI is InChI=1S/C17H25N7O3/c1-3-22-9-6-14(20-22)17(26)24-8-4-5-13(24)11-23-12-15(19-21-23)16(25)18-7-10-27-2/h6,9,12-13H,3-5,7-8,10-11H2,1-2H3,(H,18,25). The molecule has 1 aliphatic heterocycles. The van der Waals surface area contributed by atoms with Crippen molar-refractivity contribution in [2.75, 3.05) is 26.8 Å². The Balaban J connectivity index is 1.61. The molecule has 1 saturated heterocycles. The van der Waals surface area contributed by atoms with Crippen molar-refractivity contribution in [3.8, 4) is 0 Å². The Bertz CT molecular complexity index is 785. The highest BCUT2D eigenvalue weighted by atomic mass is 16.5. The van der Waals surface area contributed by atoms with Crippen molar-refractivity contribution in [3.05, 3.63) is 29.8 Å². The van der Waals surface area contributed by atoms with E-state index in [2.05, 4.69) is 20.7 Å². The van der Waals surface area contributed by atoms with Gasteiger partial charge >= 0.3 is 0 Å². The molecule has 3 heterocycles. The fourth-order valence-corrected chi connectivity index (χ4v) is 3.16. The van der Waals surface area contributed by atoms with E-state index in [-0.39, 0.29) is 23.6 Å². The Morgan fingerprint density at radius 2 is 2.19 bits per heavy atom. The lowest BCUT2D eigenvalue weighted by Gasteiger charge is -2.23. The third kappa shape index (κ3) is 4.51. The van der Waals surface area contributed by atoms with E-state index in [4.69, 9.17) is 4.74 Å². The maximum atomic E-state index is 12.8. The van der Waals surface area contributed by atoms with E-state index in [9.17, 15) is 9.59 Å². The van der Waals surface area contributed by atoms with Crippen molar-refractivity contribution in [3.63, 3.8) is 0 Å². The van der Waals surface area contributed by atoms with Gasteiger partial charge in [0.2, 0.25) is 0 Å². The van der Waals surface area contributed by atoms with E-state index < -0.39 is 0 Å². The van der Waals surface area contributed by atoms with Crippen LogP contribution in [0.1, 0.15) is 40.7 Å². The molecular formula is C17H25N7O3. The van der Waals surface area contributed by atoms with Crippen molar-refractivity contribution in [2.24, 2.45) is 0 Å². The van der Waals surface area contributed by atoms with Crippen molar-refractivity contribution >= 4 is 11.8 Å². The first kappa shape index (κ1) is 19.0. The predicted octanol–water partition coefficient (Wildman–Crippen LogP) is 0.176. The number of aryl methyl sites for hydroxylation is 1. The van der Waals surface area contributed by atoms with Gasteiger partial charge in [-0.1, -0.05) is 5.21 Å². The van der Waals surface area contributed by atoms with E-state index in [1.165, 1.54) is 0 Å². The van der Waals surface area contributed by atoms with Gasteiger partial charge in [0.05, 0.1) is 25.4 Å². The van der Waals surface area contributed by atoms with E-state index in [0.29, 0.717) is 31.9 Å². The molecule has 0 aromatic carbocycles. The Morgan fingerprint density at radius 1 is 1.33 bits per heavy atom. The Hall–Kier alpha value is -2.75. The molecule has 3 rings (SSSR count). The van der Waals surface area contributed by atoms with Crippen LogP contribution in [0.25, 0.3) is 0 Å². The molecule has 1 N–H and O–H groups in total. The van der Waals surface area contributed by atoms with E-state index >= 15 is 0 Å². The van der Waals surface area contributed by atoms with Crippen LogP contribution in [0.15, 0.2) is 18.5 Å². The molecule has 10 heteroatoms. The number of amides is 2. The molecule has 0 aliphatic carbocycles. The van der Waals surface area contributed by atoms with Crippen LogP contribution < -0.4 is 5.32 Å². The molecule has 1 atom stereocenters. The maximum Gasteiger partial charge on any atom is 0.274 e. The minimum absolute atomic E-state index is 0.00961. The lowest BCUT2D eigenvalue weighted by atomic mass is 10.2. The van der Waals surface area contributed by atoms with E-state index in [1.54, 1.807) is 28.7 Å². The molecular weight excluding hydrogens is 350 g/mol. The summed E-state index contributed by atoms with van der Waals surface area (Å²) in [6, 6.07) is 1.76. The van der Waals surface area contributed by atoms with E-state index in [1.807, 2.05) is 18.0 Å². The average Bonchev–Trinajstić information content (AvgIpc) is 3.42. The molecule has 1 aliphatic rings. The third-order valence-electron chi connectivity index (χ3n) is 4.58. The first-order chi connectivity index (χ1) is 13.1. The molecule has 146 valence electrons. The summed E-state index contributed by atoms with van der Waals surface area (Å²) in [5, 5.41) is 15.0. The zero-order valence-corrected chi connectivity index (χ0v) is 15.7. The van der Waals surface area contributed by atoms with Gasteiger partial charge in [-0.3, -0.25) is 14.3 Å². The molecule has 0 saturated carbocycles. The number of nitrogens with zero attached hydrogens (tertiary/aromatic N) is 6. The number of methoxy groups -OCH3 is 1. The first-order valence-corrected chi connectivity index (χ1v) is 9.14. The normalized spacial score (nSPS) is 16.7. The van der Waals surface area contributed by atoms with Gasteiger partial charge in [-0.15, -0.1) is 5.10 Å². The number of aromatic nitrogens is 5. The van der Waals surface area contributed by atoms with Crippen molar-refractivity contribution in [2.45, 2.75) is 38.9 Å².